The summed E-state index contributed by atoms with van der Waals surface area (Å²) in [6.45, 7) is 4.11. The molecular formula is C12H16N4S. The van der Waals surface area contributed by atoms with E-state index in [9.17, 15) is 0 Å². The Kier molecular flexibility index (Phi) is 3.81. The molecule has 17 heavy (non-hydrogen) atoms. The van der Waals surface area contributed by atoms with Crippen molar-refractivity contribution in [2.45, 2.75) is 36.4 Å². The molecule has 0 aliphatic heterocycles. The van der Waals surface area contributed by atoms with Gasteiger partial charge in [0.25, 0.3) is 0 Å². The fourth-order valence-corrected chi connectivity index (χ4v) is 2.48. The Hall–Kier alpha value is -1.33. The lowest BCUT2D eigenvalue weighted by atomic mass is 10.1. The third-order valence-electron chi connectivity index (χ3n) is 2.36. The van der Waals surface area contributed by atoms with Crippen LogP contribution in [0.3, 0.4) is 0 Å². The Balaban J connectivity index is 2.25. The normalized spacial score (nSPS) is 12.6. The van der Waals surface area contributed by atoms with Crippen LogP contribution in [0.1, 0.15) is 18.1 Å². The second kappa shape index (κ2) is 5.33. The molecule has 0 amide bonds. The lowest BCUT2D eigenvalue weighted by Gasteiger charge is -2.11. The number of hydrogen-bond donors (Lipinski definition) is 2. The highest BCUT2D eigenvalue weighted by Crippen LogP contribution is 2.28. The van der Waals surface area contributed by atoms with Gasteiger partial charge in [-0.05, 0) is 31.9 Å². The predicted molar refractivity (Wildman–Crippen MR) is 69.0 cm³/mol. The second-order valence-electron chi connectivity index (χ2n) is 4.19. The lowest BCUT2D eigenvalue weighted by Crippen LogP contribution is -2.18. The molecular weight excluding hydrogens is 232 g/mol. The number of hydrogen-bond acceptors (Lipinski definition) is 4. The maximum atomic E-state index is 5.87. The van der Waals surface area contributed by atoms with E-state index in [4.69, 9.17) is 5.73 Å². The van der Waals surface area contributed by atoms with E-state index in [-0.39, 0.29) is 6.04 Å². The van der Waals surface area contributed by atoms with E-state index >= 15 is 0 Å². The van der Waals surface area contributed by atoms with E-state index in [2.05, 4.69) is 40.3 Å². The van der Waals surface area contributed by atoms with Crippen molar-refractivity contribution < 1.29 is 0 Å². The maximum Gasteiger partial charge on any atom is 0.188 e. The summed E-state index contributed by atoms with van der Waals surface area (Å²) in [4.78, 5) is 5.30. The van der Waals surface area contributed by atoms with Gasteiger partial charge in [0.15, 0.2) is 5.16 Å². The summed E-state index contributed by atoms with van der Waals surface area (Å²) in [5.74, 6) is 0. The van der Waals surface area contributed by atoms with Crippen LogP contribution in [0.15, 0.2) is 34.6 Å². The van der Waals surface area contributed by atoms with Crippen molar-refractivity contribution in [1.82, 2.24) is 15.2 Å². The Morgan fingerprint density at radius 2 is 2.29 bits per heavy atom. The summed E-state index contributed by atoms with van der Waals surface area (Å²) in [5.41, 5.74) is 8.39. The Bertz CT molecular complexity index is 479. The molecule has 3 N–H and O–H groups in total. The molecule has 1 unspecified atom stereocenters. The summed E-state index contributed by atoms with van der Waals surface area (Å²) in [7, 11) is 0. The quantitative estimate of drug-likeness (QED) is 0.870. The van der Waals surface area contributed by atoms with Gasteiger partial charge in [0.1, 0.15) is 6.33 Å². The number of rotatable bonds is 4. The van der Waals surface area contributed by atoms with Crippen molar-refractivity contribution >= 4 is 11.8 Å². The van der Waals surface area contributed by atoms with Gasteiger partial charge in [-0.2, -0.15) is 5.10 Å². The zero-order valence-corrected chi connectivity index (χ0v) is 10.8. The highest BCUT2D eigenvalue weighted by Gasteiger charge is 2.08. The molecule has 2 rings (SSSR count). The summed E-state index contributed by atoms with van der Waals surface area (Å²) in [6.07, 6.45) is 2.39. The molecule has 0 saturated heterocycles. The number of aryl methyl sites for hydroxylation is 1. The highest BCUT2D eigenvalue weighted by atomic mass is 32.2. The summed E-state index contributed by atoms with van der Waals surface area (Å²) < 4.78 is 0. The lowest BCUT2D eigenvalue weighted by molar-refractivity contribution is 0.728. The number of nitrogens with two attached hydrogens (primary N) is 1. The van der Waals surface area contributed by atoms with Crippen molar-refractivity contribution in [2.24, 2.45) is 5.73 Å². The first-order valence-corrected chi connectivity index (χ1v) is 6.35. The number of nitrogens with zero attached hydrogens (tertiary/aromatic N) is 2. The number of benzene rings is 1. The minimum absolute atomic E-state index is 0.158. The van der Waals surface area contributed by atoms with E-state index < -0.39 is 0 Å². The maximum absolute atomic E-state index is 5.87. The van der Waals surface area contributed by atoms with E-state index in [0.29, 0.717) is 0 Å². The standard InChI is InChI=1S/C12H16N4S/c1-8-3-4-11(10(5-8)6-9(2)13)17-12-14-7-15-16-12/h3-5,7,9H,6,13H2,1-2H3,(H,14,15,16). The average molecular weight is 248 g/mol. The largest absolute Gasteiger partial charge is 0.328 e. The molecule has 0 aliphatic rings. The molecule has 1 atom stereocenters. The molecule has 0 aliphatic carbocycles. The summed E-state index contributed by atoms with van der Waals surface area (Å²) in [6, 6.07) is 6.55. The van der Waals surface area contributed by atoms with Crippen LogP contribution in [0.2, 0.25) is 0 Å². The van der Waals surface area contributed by atoms with Crippen LogP contribution in [-0.4, -0.2) is 21.2 Å². The zero-order valence-electron chi connectivity index (χ0n) is 9.97. The molecule has 0 fully saturated rings. The van der Waals surface area contributed by atoms with Crippen molar-refractivity contribution in [2.75, 3.05) is 0 Å². The Morgan fingerprint density at radius 1 is 1.47 bits per heavy atom. The first kappa shape index (κ1) is 12.1. The van der Waals surface area contributed by atoms with Crippen LogP contribution in [0.25, 0.3) is 0 Å². The molecule has 0 bridgehead atoms. The smallest absolute Gasteiger partial charge is 0.188 e. The first-order valence-electron chi connectivity index (χ1n) is 5.53. The number of H-pyrrole nitrogens is 1. The van der Waals surface area contributed by atoms with Crippen LogP contribution >= 0.6 is 11.8 Å². The van der Waals surface area contributed by atoms with Crippen LogP contribution in [0.5, 0.6) is 0 Å². The monoisotopic (exact) mass is 248 g/mol. The van der Waals surface area contributed by atoms with Gasteiger partial charge in [-0.3, -0.25) is 5.10 Å². The number of nitrogens with one attached hydrogen (secondary N) is 1. The Morgan fingerprint density at radius 3 is 2.94 bits per heavy atom. The average Bonchev–Trinajstić information content (AvgIpc) is 2.74. The van der Waals surface area contributed by atoms with Gasteiger partial charge in [-0.1, -0.05) is 29.5 Å². The molecule has 4 nitrogen and oxygen atoms in total. The van der Waals surface area contributed by atoms with E-state index in [1.54, 1.807) is 11.8 Å². The van der Waals surface area contributed by atoms with Gasteiger partial charge in [0, 0.05) is 10.9 Å². The molecule has 0 spiro atoms. The molecule has 0 saturated carbocycles. The Labute approximate surface area is 105 Å². The molecule has 2 aromatic rings. The predicted octanol–water partition coefficient (Wildman–Crippen LogP) is 2.15. The molecule has 90 valence electrons. The van der Waals surface area contributed by atoms with E-state index in [1.165, 1.54) is 22.3 Å². The van der Waals surface area contributed by atoms with E-state index in [0.717, 1.165) is 11.6 Å². The van der Waals surface area contributed by atoms with Gasteiger partial charge in [0.05, 0.1) is 0 Å². The summed E-state index contributed by atoms with van der Waals surface area (Å²) in [5, 5.41) is 7.50. The van der Waals surface area contributed by atoms with Gasteiger partial charge < -0.3 is 5.73 Å². The van der Waals surface area contributed by atoms with Crippen molar-refractivity contribution in [1.29, 1.82) is 0 Å². The molecule has 0 radical (unpaired) electrons. The van der Waals surface area contributed by atoms with Gasteiger partial charge >= 0.3 is 0 Å². The van der Waals surface area contributed by atoms with Crippen LogP contribution in [0, 0.1) is 6.92 Å². The minimum Gasteiger partial charge on any atom is -0.328 e. The second-order valence-corrected chi connectivity index (χ2v) is 5.22. The van der Waals surface area contributed by atoms with Gasteiger partial charge in [-0.15, -0.1) is 0 Å². The summed E-state index contributed by atoms with van der Waals surface area (Å²) >= 11 is 1.59. The number of aromatic amines is 1. The van der Waals surface area contributed by atoms with Crippen molar-refractivity contribution in [3.63, 3.8) is 0 Å². The van der Waals surface area contributed by atoms with Crippen molar-refractivity contribution in [3.05, 3.63) is 35.7 Å². The van der Waals surface area contributed by atoms with Crippen molar-refractivity contribution in [3.8, 4) is 0 Å². The first-order chi connectivity index (χ1) is 8.15. The van der Waals surface area contributed by atoms with Crippen LogP contribution in [0.4, 0.5) is 0 Å². The molecule has 5 heteroatoms. The third-order valence-corrected chi connectivity index (χ3v) is 3.37. The fourth-order valence-electron chi connectivity index (χ4n) is 1.66. The van der Waals surface area contributed by atoms with E-state index in [1.807, 2.05) is 6.92 Å². The number of aromatic nitrogens is 3. The highest BCUT2D eigenvalue weighted by molar-refractivity contribution is 7.99. The molecule has 1 heterocycles. The topological polar surface area (TPSA) is 67.6 Å². The zero-order chi connectivity index (χ0) is 12.3. The third kappa shape index (κ3) is 3.31. The minimum atomic E-state index is 0.158. The fraction of sp³-hybridized carbons (Fsp3) is 0.333. The molecule has 1 aromatic heterocycles. The molecule has 1 aromatic carbocycles. The van der Waals surface area contributed by atoms with Gasteiger partial charge in [0.2, 0.25) is 0 Å². The van der Waals surface area contributed by atoms with Crippen LogP contribution < -0.4 is 5.73 Å². The van der Waals surface area contributed by atoms with Crippen LogP contribution in [-0.2, 0) is 6.42 Å². The van der Waals surface area contributed by atoms with Gasteiger partial charge in [-0.25, -0.2) is 4.98 Å². The SMILES string of the molecule is Cc1ccc(Sc2ncn[nH]2)c(CC(C)N)c1.